The maximum atomic E-state index is 10.5. The number of nitrogens with one attached hydrogen (secondary N) is 1. The Labute approximate surface area is 75.0 Å². The van der Waals surface area contributed by atoms with Crippen molar-refractivity contribution in [2.24, 2.45) is 0 Å². The third kappa shape index (κ3) is 2.84. The van der Waals surface area contributed by atoms with Crippen molar-refractivity contribution in [3.63, 3.8) is 0 Å². The van der Waals surface area contributed by atoms with Gasteiger partial charge in [0, 0.05) is 19.3 Å². The first-order valence-corrected chi connectivity index (χ1v) is 3.77. The third-order valence-corrected chi connectivity index (χ3v) is 1.36. The molecule has 0 aliphatic carbocycles. The average molecular weight is 186 g/mol. The SMILES string of the molecule is CC(=O)NCc1ncc(Cl)cn1. The number of rotatable bonds is 2. The molecule has 4 nitrogen and oxygen atoms in total. The van der Waals surface area contributed by atoms with Crippen molar-refractivity contribution in [1.29, 1.82) is 0 Å². The van der Waals surface area contributed by atoms with Gasteiger partial charge in [-0.1, -0.05) is 11.6 Å². The first kappa shape index (κ1) is 8.93. The zero-order chi connectivity index (χ0) is 8.97. The number of halogens is 1. The van der Waals surface area contributed by atoms with Gasteiger partial charge >= 0.3 is 0 Å². The largest absolute Gasteiger partial charge is 0.349 e. The van der Waals surface area contributed by atoms with Crippen LogP contribution in [-0.4, -0.2) is 15.9 Å². The highest BCUT2D eigenvalue weighted by Gasteiger charge is 1.96. The standard InChI is InChI=1S/C7H8ClN3O/c1-5(12)9-4-7-10-2-6(8)3-11-7/h2-3H,4H2,1H3,(H,9,12). The fourth-order valence-corrected chi connectivity index (χ4v) is 0.731. The minimum absolute atomic E-state index is 0.103. The average Bonchev–Trinajstić information content (AvgIpc) is 2.03. The highest BCUT2D eigenvalue weighted by molar-refractivity contribution is 6.30. The van der Waals surface area contributed by atoms with Gasteiger partial charge < -0.3 is 5.32 Å². The van der Waals surface area contributed by atoms with E-state index in [4.69, 9.17) is 11.6 Å². The molecule has 0 saturated heterocycles. The van der Waals surface area contributed by atoms with Gasteiger partial charge in [-0.2, -0.15) is 0 Å². The molecule has 0 radical (unpaired) electrons. The van der Waals surface area contributed by atoms with E-state index in [-0.39, 0.29) is 5.91 Å². The Balaban J connectivity index is 2.53. The number of hydrogen-bond donors (Lipinski definition) is 1. The molecule has 0 spiro atoms. The summed E-state index contributed by atoms with van der Waals surface area (Å²) >= 11 is 5.56. The van der Waals surface area contributed by atoms with Crippen LogP contribution in [0.5, 0.6) is 0 Å². The molecule has 5 heteroatoms. The molecule has 0 fully saturated rings. The lowest BCUT2D eigenvalue weighted by atomic mass is 10.5. The lowest BCUT2D eigenvalue weighted by Gasteiger charge is -1.99. The summed E-state index contributed by atoms with van der Waals surface area (Å²) in [6, 6.07) is 0. The molecule has 0 bridgehead atoms. The molecule has 1 aromatic heterocycles. The summed E-state index contributed by atoms with van der Waals surface area (Å²) in [6.45, 7) is 1.78. The van der Waals surface area contributed by atoms with E-state index < -0.39 is 0 Å². The van der Waals surface area contributed by atoms with Crippen LogP contribution in [0.25, 0.3) is 0 Å². The number of carbonyl (C=O) groups is 1. The maximum absolute atomic E-state index is 10.5. The Hall–Kier alpha value is -1.16. The van der Waals surface area contributed by atoms with Gasteiger partial charge in [-0.15, -0.1) is 0 Å². The van der Waals surface area contributed by atoms with Crippen LogP contribution in [0.4, 0.5) is 0 Å². The number of hydrogen-bond acceptors (Lipinski definition) is 3. The molecule has 12 heavy (non-hydrogen) atoms. The van der Waals surface area contributed by atoms with Crippen molar-refractivity contribution in [2.75, 3.05) is 0 Å². The normalized spacial score (nSPS) is 9.50. The van der Waals surface area contributed by atoms with Crippen molar-refractivity contribution >= 4 is 17.5 Å². The van der Waals surface area contributed by atoms with Gasteiger partial charge in [0.25, 0.3) is 0 Å². The first-order valence-electron chi connectivity index (χ1n) is 3.39. The highest BCUT2D eigenvalue weighted by atomic mass is 35.5. The van der Waals surface area contributed by atoms with Gasteiger partial charge in [-0.05, 0) is 0 Å². The second-order valence-electron chi connectivity index (χ2n) is 2.23. The van der Waals surface area contributed by atoms with Crippen molar-refractivity contribution in [3.8, 4) is 0 Å². The Morgan fingerprint density at radius 1 is 1.58 bits per heavy atom. The van der Waals surface area contributed by atoms with E-state index in [9.17, 15) is 4.79 Å². The van der Waals surface area contributed by atoms with Crippen LogP contribution >= 0.6 is 11.6 Å². The molecule has 1 heterocycles. The molecule has 0 aliphatic rings. The molecule has 0 unspecified atom stereocenters. The molecule has 0 saturated carbocycles. The summed E-state index contributed by atoms with van der Waals surface area (Å²) in [6.07, 6.45) is 2.98. The molecular formula is C7H8ClN3O. The van der Waals surface area contributed by atoms with E-state index in [0.717, 1.165) is 0 Å². The highest BCUT2D eigenvalue weighted by Crippen LogP contribution is 2.02. The molecule has 1 amide bonds. The lowest BCUT2D eigenvalue weighted by Crippen LogP contribution is -2.20. The molecule has 0 aliphatic heterocycles. The van der Waals surface area contributed by atoms with Crippen LogP contribution < -0.4 is 5.32 Å². The fourth-order valence-electron chi connectivity index (χ4n) is 0.634. The van der Waals surface area contributed by atoms with E-state index >= 15 is 0 Å². The minimum atomic E-state index is -0.103. The molecule has 1 rings (SSSR count). The van der Waals surface area contributed by atoms with Gasteiger partial charge in [0.1, 0.15) is 5.82 Å². The van der Waals surface area contributed by atoms with Crippen LogP contribution in [-0.2, 0) is 11.3 Å². The van der Waals surface area contributed by atoms with Gasteiger partial charge in [0.15, 0.2) is 0 Å². The Bertz CT molecular complexity index is 272. The van der Waals surface area contributed by atoms with Crippen LogP contribution in [0.1, 0.15) is 12.7 Å². The molecule has 1 N–H and O–H groups in total. The zero-order valence-corrected chi connectivity index (χ0v) is 7.30. The van der Waals surface area contributed by atoms with Gasteiger partial charge in [0.2, 0.25) is 5.91 Å². The summed E-state index contributed by atoms with van der Waals surface area (Å²) in [5, 5.41) is 3.06. The molecular weight excluding hydrogens is 178 g/mol. The number of carbonyl (C=O) groups excluding carboxylic acids is 1. The molecule has 0 atom stereocenters. The van der Waals surface area contributed by atoms with E-state index in [1.54, 1.807) is 0 Å². The molecule has 64 valence electrons. The van der Waals surface area contributed by atoms with Crippen molar-refractivity contribution in [1.82, 2.24) is 15.3 Å². The second kappa shape index (κ2) is 4.01. The minimum Gasteiger partial charge on any atom is -0.349 e. The fraction of sp³-hybridized carbons (Fsp3) is 0.286. The van der Waals surface area contributed by atoms with Crippen LogP contribution in [0.3, 0.4) is 0 Å². The number of aromatic nitrogens is 2. The first-order chi connectivity index (χ1) is 5.68. The summed E-state index contributed by atoms with van der Waals surface area (Å²) in [4.78, 5) is 18.3. The van der Waals surface area contributed by atoms with Crippen LogP contribution in [0.15, 0.2) is 12.4 Å². The van der Waals surface area contributed by atoms with Gasteiger partial charge in [0.05, 0.1) is 11.6 Å². The quantitative estimate of drug-likeness (QED) is 0.741. The Morgan fingerprint density at radius 2 is 2.17 bits per heavy atom. The van der Waals surface area contributed by atoms with Crippen molar-refractivity contribution in [3.05, 3.63) is 23.2 Å². The predicted octanol–water partition coefficient (Wildman–Crippen LogP) is 0.766. The second-order valence-corrected chi connectivity index (χ2v) is 2.66. The van der Waals surface area contributed by atoms with Crippen LogP contribution in [0.2, 0.25) is 5.02 Å². The van der Waals surface area contributed by atoms with Crippen molar-refractivity contribution < 1.29 is 4.79 Å². The van der Waals surface area contributed by atoms with E-state index in [0.29, 0.717) is 17.4 Å². The summed E-state index contributed by atoms with van der Waals surface area (Å²) < 4.78 is 0. The Kier molecular flexibility index (Phi) is 2.99. The summed E-state index contributed by atoms with van der Waals surface area (Å²) in [5.74, 6) is 0.447. The Morgan fingerprint density at radius 3 is 2.67 bits per heavy atom. The zero-order valence-electron chi connectivity index (χ0n) is 6.54. The van der Waals surface area contributed by atoms with Crippen molar-refractivity contribution in [2.45, 2.75) is 13.5 Å². The lowest BCUT2D eigenvalue weighted by molar-refractivity contribution is -0.119. The van der Waals surface area contributed by atoms with Crippen LogP contribution in [0, 0.1) is 0 Å². The van der Waals surface area contributed by atoms with Gasteiger partial charge in [-0.25, -0.2) is 9.97 Å². The maximum Gasteiger partial charge on any atom is 0.217 e. The third-order valence-electron chi connectivity index (χ3n) is 1.17. The summed E-state index contributed by atoms with van der Waals surface area (Å²) in [7, 11) is 0. The van der Waals surface area contributed by atoms with E-state index in [1.165, 1.54) is 19.3 Å². The molecule has 0 aromatic carbocycles. The predicted molar refractivity (Wildman–Crippen MR) is 44.6 cm³/mol. The topological polar surface area (TPSA) is 54.9 Å². The van der Waals surface area contributed by atoms with Gasteiger partial charge in [-0.3, -0.25) is 4.79 Å². The van der Waals surface area contributed by atoms with E-state index in [1.807, 2.05) is 0 Å². The monoisotopic (exact) mass is 185 g/mol. The smallest absolute Gasteiger partial charge is 0.217 e. The number of nitrogens with zero attached hydrogens (tertiary/aromatic N) is 2. The number of amides is 1. The van der Waals surface area contributed by atoms with E-state index in [2.05, 4.69) is 15.3 Å². The molecule has 1 aromatic rings. The summed E-state index contributed by atoms with van der Waals surface area (Å²) in [5.41, 5.74) is 0.